The summed E-state index contributed by atoms with van der Waals surface area (Å²) in [5, 5.41) is 0. The molecule has 25 heavy (non-hydrogen) atoms. The van der Waals surface area contributed by atoms with Crippen LogP contribution in [0.2, 0.25) is 0 Å². The van der Waals surface area contributed by atoms with Crippen molar-refractivity contribution in [1.29, 1.82) is 0 Å². The van der Waals surface area contributed by atoms with Crippen LogP contribution in [0.25, 0.3) is 5.78 Å². The Hall–Kier alpha value is -3.02. The van der Waals surface area contributed by atoms with Crippen LogP contribution < -0.4 is 0 Å². The maximum atomic E-state index is 13.2. The third-order valence-corrected chi connectivity index (χ3v) is 5.37. The smallest absolute Gasteiger partial charge is 0.240 e. The lowest BCUT2D eigenvalue weighted by molar-refractivity contribution is -0.140. The number of fused-ring (bicyclic) bond motifs is 3. The molecule has 6 heteroatoms. The second-order valence-corrected chi connectivity index (χ2v) is 6.76. The summed E-state index contributed by atoms with van der Waals surface area (Å²) >= 11 is 0. The molecule has 3 heterocycles. The van der Waals surface area contributed by atoms with Crippen LogP contribution in [0.4, 0.5) is 0 Å². The first-order valence-corrected chi connectivity index (χ1v) is 8.39. The van der Waals surface area contributed by atoms with Gasteiger partial charge in [0.1, 0.15) is 0 Å². The van der Waals surface area contributed by atoms with Gasteiger partial charge in [0.05, 0.1) is 17.7 Å². The minimum Gasteiger partial charge on any atom is -0.291 e. The average molecular weight is 332 g/mol. The highest BCUT2D eigenvalue weighted by Crippen LogP contribution is 2.47. The van der Waals surface area contributed by atoms with Crippen molar-refractivity contribution in [2.24, 2.45) is 0 Å². The van der Waals surface area contributed by atoms with E-state index >= 15 is 0 Å². The van der Waals surface area contributed by atoms with Crippen LogP contribution in [0.5, 0.6) is 0 Å². The Bertz CT molecular complexity index is 992. The minimum absolute atomic E-state index is 0.0903. The molecule has 2 aromatic heterocycles. The molecular weight excluding hydrogens is 316 g/mol. The normalized spacial score (nSPS) is 22.3. The lowest BCUT2D eigenvalue weighted by Gasteiger charge is -2.22. The molecule has 3 aromatic rings. The van der Waals surface area contributed by atoms with Gasteiger partial charge in [0, 0.05) is 25.0 Å². The van der Waals surface area contributed by atoms with E-state index in [9.17, 15) is 9.59 Å². The van der Waals surface area contributed by atoms with Crippen LogP contribution in [0.3, 0.4) is 0 Å². The van der Waals surface area contributed by atoms with Gasteiger partial charge in [0.25, 0.3) is 0 Å². The zero-order valence-corrected chi connectivity index (χ0v) is 13.6. The van der Waals surface area contributed by atoms with E-state index in [1.165, 1.54) is 10.5 Å². The lowest BCUT2D eigenvalue weighted by atomic mass is 9.80. The maximum absolute atomic E-state index is 13.2. The Labute approximate surface area is 144 Å². The highest BCUT2D eigenvalue weighted by Gasteiger charge is 2.55. The molecule has 2 aliphatic rings. The lowest BCUT2D eigenvalue weighted by Crippen LogP contribution is -2.36. The largest absolute Gasteiger partial charge is 0.291 e. The summed E-state index contributed by atoms with van der Waals surface area (Å²) in [6.45, 7) is 0.199. The minimum atomic E-state index is -0.676. The summed E-state index contributed by atoms with van der Waals surface area (Å²) in [7, 11) is 0. The molecule has 1 aliphatic heterocycles. The van der Waals surface area contributed by atoms with E-state index in [0.29, 0.717) is 17.9 Å². The summed E-state index contributed by atoms with van der Waals surface area (Å²) in [4.78, 5) is 35.8. The molecule has 124 valence electrons. The van der Waals surface area contributed by atoms with Crippen LogP contribution in [-0.4, -0.2) is 31.1 Å². The highest BCUT2D eigenvalue weighted by atomic mass is 16.2. The molecule has 1 aliphatic carbocycles. The molecule has 1 spiro atoms. The summed E-state index contributed by atoms with van der Waals surface area (Å²) in [6.07, 6.45) is 7.15. The van der Waals surface area contributed by atoms with Crippen LogP contribution >= 0.6 is 0 Å². The summed E-state index contributed by atoms with van der Waals surface area (Å²) in [5.74, 6) is 0.358. The van der Waals surface area contributed by atoms with Gasteiger partial charge in [-0.1, -0.05) is 24.3 Å². The first-order valence-electron chi connectivity index (χ1n) is 8.39. The van der Waals surface area contributed by atoms with E-state index in [-0.39, 0.29) is 24.8 Å². The Balaban J connectivity index is 1.49. The number of amides is 2. The van der Waals surface area contributed by atoms with Crippen LogP contribution in [0, 0.1) is 0 Å². The molecule has 0 bridgehead atoms. The SMILES string of the molecule is O=C1CC2(CCc3ccccc32)C(=O)N1Cc1cn2cccnc2n1. The summed E-state index contributed by atoms with van der Waals surface area (Å²) in [6, 6.07) is 9.79. The van der Waals surface area contributed by atoms with Gasteiger partial charge in [-0.25, -0.2) is 9.97 Å². The molecule has 5 rings (SSSR count). The highest BCUT2D eigenvalue weighted by molar-refractivity contribution is 6.09. The van der Waals surface area contributed by atoms with Crippen LogP contribution in [-0.2, 0) is 28.0 Å². The van der Waals surface area contributed by atoms with Gasteiger partial charge in [0.15, 0.2) is 0 Å². The fraction of sp³-hybridized carbons (Fsp3) is 0.263. The molecular formula is C19H16N4O2. The molecule has 6 nitrogen and oxygen atoms in total. The molecule has 1 fully saturated rings. The van der Waals surface area contributed by atoms with Gasteiger partial charge in [0.2, 0.25) is 17.6 Å². The van der Waals surface area contributed by atoms with Crippen LogP contribution in [0.15, 0.2) is 48.9 Å². The molecule has 1 aromatic carbocycles. The number of imide groups is 1. The molecule has 1 atom stereocenters. The number of imidazole rings is 1. The van der Waals surface area contributed by atoms with Gasteiger partial charge in [-0.05, 0) is 30.0 Å². The van der Waals surface area contributed by atoms with Crippen molar-refractivity contribution >= 4 is 17.6 Å². The van der Waals surface area contributed by atoms with E-state index < -0.39 is 5.41 Å². The molecule has 1 saturated heterocycles. The number of nitrogens with zero attached hydrogens (tertiary/aromatic N) is 4. The van der Waals surface area contributed by atoms with Crippen molar-refractivity contribution in [1.82, 2.24) is 19.3 Å². The number of carbonyl (C=O) groups excluding carboxylic acids is 2. The number of likely N-dealkylation sites (tertiary alicyclic amines) is 1. The summed E-state index contributed by atoms with van der Waals surface area (Å²) < 4.78 is 1.79. The Kier molecular flexibility index (Phi) is 2.86. The number of aromatic nitrogens is 3. The molecule has 0 saturated carbocycles. The number of carbonyl (C=O) groups is 2. The number of rotatable bonds is 2. The standard InChI is InChI=1S/C19H16N4O2/c24-16-10-19(7-6-13-4-1-2-5-15(13)19)17(25)23(16)12-14-11-22-9-3-8-20-18(22)21-14/h1-5,8-9,11H,6-7,10,12H2. The summed E-state index contributed by atoms with van der Waals surface area (Å²) in [5.41, 5.74) is 2.20. The van der Waals surface area contributed by atoms with Gasteiger partial charge >= 0.3 is 0 Å². The monoisotopic (exact) mass is 332 g/mol. The van der Waals surface area contributed by atoms with E-state index in [4.69, 9.17) is 0 Å². The number of hydrogen-bond donors (Lipinski definition) is 0. The van der Waals surface area contributed by atoms with Gasteiger partial charge in [-0.2, -0.15) is 0 Å². The number of aryl methyl sites for hydroxylation is 1. The van der Waals surface area contributed by atoms with Gasteiger partial charge < -0.3 is 0 Å². The van der Waals surface area contributed by atoms with Crippen molar-refractivity contribution < 1.29 is 9.59 Å². The van der Waals surface area contributed by atoms with Gasteiger partial charge in [-0.3, -0.25) is 18.9 Å². The second-order valence-electron chi connectivity index (χ2n) is 6.76. The predicted molar refractivity (Wildman–Crippen MR) is 89.6 cm³/mol. The molecule has 0 radical (unpaired) electrons. The van der Waals surface area contributed by atoms with Crippen molar-refractivity contribution in [3.8, 4) is 0 Å². The van der Waals surface area contributed by atoms with E-state index in [1.807, 2.05) is 36.7 Å². The van der Waals surface area contributed by atoms with Crippen molar-refractivity contribution in [3.05, 3.63) is 65.7 Å². The Morgan fingerprint density at radius 1 is 1.16 bits per heavy atom. The van der Waals surface area contributed by atoms with Gasteiger partial charge in [-0.15, -0.1) is 0 Å². The number of hydrogen-bond acceptors (Lipinski definition) is 4. The van der Waals surface area contributed by atoms with Crippen molar-refractivity contribution in [3.63, 3.8) is 0 Å². The maximum Gasteiger partial charge on any atom is 0.240 e. The average Bonchev–Trinajstić information content (AvgIpc) is 3.27. The van der Waals surface area contributed by atoms with E-state index in [2.05, 4.69) is 16.0 Å². The third-order valence-electron chi connectivity index (χ3n) is 5.37. The second kappa shape index (κ2) is 4.99. The first kappa shape index (κ1) is 14.3. The quantitative estimate of drug-likeness (QED) is 0.672. The molecule has 0 N–H and O–H groups in total. The zero-order chi connectivity index (χ0) is 17.0. The van der Waals surface area contributed by atoms with E-state index in [0.717, 1.165) is 12.0 Å². The topological polar surface area (TPSA) is 67.6 Å². The van der Waals surface area contributed by atoms with Crippen molar-refractivity contribution in [2.45, 2.75) is 31.2 Å². The Morgan fingerprint density at radius 2 is 2.04 bits per heavy atom. The number of benzene rings is 1. The fourth-order valence-electron chi connectivity index (χ4n) is 4.17. The molecule has 1 unspecified atom stereocenters. The Morgan fingerprint density at radius 3 is 2.92 bits per heavy atom. The van der Waals surface area contributed by atoms with E-state index in [1.54, 1.807) is 10.6 Å². The zero-order valence-electron chi connectivity index (χ0n) is 13.6. The fourth-order valence-corrected chi connectivity index (χ4v) is 4.17. The predicted octanol–water partition coefficient (Wildman–Crippen LogP) is 1.87. The molecule has 2 amide bonds. The first-order chi connectivity index (χ1) is 12.2. The third kappa shape index (κ3) is 1.97. The van der Waals surface area contributed by atoms with Crippen LogP contribution in [0.1, 0.15) is 29.7 Å². The van der Waals surface area contributed by atoms with Crippen molar-refractivity contribution in [2.75, 3.05) is 0 Å².